The van der Waals surface area contributed by atoms with E-state index in [0.29, 0.717) is 30.2 Å². The SMILES string of the molecule is CCCOC(=O)c1ccc(NC(=O)CNc2ccccc2OCc2ccccc2)cc1. The predicted molar refractivity (Wildman–Crippen MR) is 121 cm³/mol. The van der Waals surface area contributed by atoms with Crippen LogP contribution in [0.3, 0.4) is 0 Å². The fourth-order valence-corrected chi connectivity index (χ4v) is 2.82. The molecular weight excluding hydrogens is 392 g/mol. The third-order valence-corrected chi connectivity index (χ3v) is 4.41. The highest BCUT2D eigenvalue weighted by Crippen LogP contribution is 2.24. The van der Waals surface area contributed by atoms with E-state index in [9.17, 15) is 9.59 Å². The molecule has 3 aromatic carbocycles. The first-order valence-corrected chi connectivity index (χ1v) is 10.2. The summed E-state index contributed by atoms with van der Waals surface area (Å²) in [5.41, 5.74) is 2.86. The molecule has 0 fully saturated rings. The molecule has 0 aliphatic rings. The number of nitrogens with one attached hydrogen (secondary N) is 2. The second-order valence-corrected chi connectivity index (χ2v) is 6.89. The van der Waals surface area contributed by atoms with Gasteiger partial charge in [0.15, 0.2) is 0 Å². The maximum atomic E-state index is 12.3. The molecule has 0 saturated carbocycles. The Kier molecular flexibility index (Phi) is 8.05. The van der Waals surface area contributed by atoms with E-state index in [1.165, 1.54) is 0 Å². The van der Waals surface area contributed by atoms with Crippen molar-refractivity contribution >= 4 is 23.3 Å². The standard InChI is InChI=1S/C25H26N2O4/c1-2-16-30-25(29)20-12-14-21(15-13-20)27-24(28)17-26-22-10-6-7-11-23(22)31-18-19-8-4-3-5-9-19/h3-15,26H,2,16-18H2,1H3,(H,27,28). The van der Waals surface area contributed by atoms with Gasteiger partial charge in [-0.3, -0.25) is 4.79 Å². The maximum absolute atomic E-state index is 12.3. The first-order chi connectivity index (χ1) is 15.2. The van der Waals surface area contributed by atoms with Crippen LogP contribution in [0.15, 0.2) is 78.9 Å². The lowest BCUT2D eigenvalue weighted by Gasteiger charge is -2.13. The van der Waals surface area contributed by atoms with Gasteiger partial charge in [-0.1, -0.05) is 49.4 Å². The Morgan fingerprint density at radius 2 is 1.58 bits per heavy atom. The van der Waals surface area contributed by atoms with Crippen LogP contribution in [0.4, 0.5) is 11.4 Å². The molecule has 6 nitrogen and oxygen atoms in total. The smallest absolute Gasteiger partial charge is 0.338 e. The first-order valence-electron chi connectivity index (χ1n) is 10.2. The van der Waals surface area contributed by atoms with Gasteiger partial charge in [0.1, 0.15) is 12.4 Å². The van der Waals surface area contributed by atoms with Gasteiger partial charge in [-0.05, 0) is 48.4 Å². The Morgan fingerprint density at radius 1 is 0.871 bits per heavy atom. The number of ether oxygens (including phenoxy) is 2. The van der Waals surface area contributed by atoms with E-state index in [-0.39, 0.29) is 18.4 Å². The van der Waals surface area contributed by atoms with E-state index in [4.69, 9.17) is 9.47 Å². The number of carbonyl (C=O) groups is 2. The molecule has 0 unspecified atom stereocenters. The summed E-state index contributed by atoms with van der Waals surface area (Å²) in [5.74, 6) is 0.0989. The van der Waals surface area contributed by atoms with E-state index >= 15 is 0 Å². The summed E-state index contributed by atoms with van der Waals surface area (Å²) >= 11 is 0. The van der Waals surface area contributed by atoms with Gasteiger partial charge in [0, 0.05) is 5.69 Å². The Labute approximate surface area is 182 Å². The van der Waals surface area contributed by atoms with Crippen LogP contribution in [0.1, 0.15) is 29.3 Å². The largest absolute Gasteiger partial charge is 0.487 e. The van der Waals surface area contributed by atoms with E-state index in [2.05, 4.69) is 10.6 Å². The molecule has 0 heterocycles. The summed E-state index contributed by atoms with van der Waals surface area (Å²) in [4.78, 5) is 24.2. The van der Waals surface area contributed by atoms with Crippen molar-refractivity contribution in [1.29, 1.82) is 0 Å². The molecule has 0 saturated heterocycles. The van der Waals surface area contributed by atoms with Crippen LogP contribution in [0.5, 0.6) is 5.75 Å². The molecule has 0 radical (unpaired) electrons. The average molecular weight is 418 g/mol. The molecule has 160 valence electrons. The molecule has 2 N–H and O–H groups in total. The number of anilines is 2. The van der Waals surface area contributed by atoms with E-state index in [1.54, 1.807) is 24.3 Å². The molecule has 0 aliphatic heterocycles. The number of hydrogen-bond acceptors (Lipinski definition) is 5. The van der Waals surface area contributed by atoms with Gasteiger partial charge in [0.05, 0.1) is 24.4 Å². The summed E-state index contributed by atoms with van der Waals surface area (Å²) in [5, 5.41) is 5.92. The number of hydrogen-bond donors (Lipinski definition) is 2. The molecule has 0 aromatic heterocycles. The van der Waals surface area contributed by atoms with E-state index < -0.39 is 0 Å². The van der Waals surface area contributed by atoms with E-state index in [0.717, 1.165) is 17.7 Å². The molecule has 6 heteroatoms. The molecule has 0 bridgehead atoms. The van der Waals surface area contributed by atoms with Crippen molar-refractivity contribution in [1.82, 2.24) is 0 Å². The fourth-order valence-electron chi connectivity index (χ4n) is 2.82. The van der Waals surface area contributed by atoms with Crippen LogP contribution in [0.2, 0.25) is 0 Å². The number of rotatable bonds is 10. The van der Waals surface area contributed by atoms with Crippen molar-refractivity contribution in [3.8, 4) is 5.75 Å². The minimum atomic E-state index is -0.367. The maximum Gasteiger partial charge on any atom is 0.338 e. The lowest BCUT2D eigenvalue weighted by molar-refractivity contribution is -0.114. The van der Waals surface area contributed by atoms with Crippen molar-refractivity contribution < 1.29 is 19.1 Å². The van der Waals surface area contributed by atoms with Gasteiger partial charge in [0.2, 0.25) is 5.91 Å². The van der Waals surface area contributed by atoms with Crippen molar-refractivity contribution in [2.75, 3.05) is 23.8 Å². The van der Waals surface area contributed by atoms with Crippen molar-refractivity contribution in [3.63, 3.8) is 0 Å². The fraction of sp³-hybridized carbons (Fsp3) is 0.200. The predicted octanol–water partition coefficient (Wildman–Crippen LogP) is 4.88. The van der Waals surface area contributed by atoms with Crippen LogP contribution in [-0.2, 0) is 16.1 Å². The Bertz CT molecular complexity index is 988. The van der Waals surface area contributed by atoms with Gasteiger partial charge in [-0.25, -0.2) is 4.79 Å². The van der Waals surface area contributed by atoms with Gasteiger partial charge in [-0.15, -0.1) is 0 Å². The topological polar surface area (TPSA) is 76.7 Å². The van der Waals surface area contributed by atoms with Crippen LogP contribution in [-0.4, -0.2) is 25.0 Å². The van der Waals surface area contributed by atoms with Crippen LogP contribution < -0.4 is 15.4 Å². The Balaban J connectivity index is 1.51. The highest BCUT2D eigenvalue weighted by atomic mass is 16.5. The lowest BCUT2D eigenvalue weighted by Crippen LogP contribution is -2.22. The highest BCUT2D eigenvalue weighted by Gasteiger charge is 2.09. The van der Waals surface area contributed by atoms with Gasteiger partial charge >= 0.3 is 5.97 Å². The van der Waals surface area contributed by atoms with Crippen molar-refractivity contribution in [2.24, 2.45) is 0 Å². The first kappa shape index (κ1) is 21.9. The minimum Gasteiger partial charge on any atom is -0.487 e. The summed E-state index contributed by atoms with van der Waals surface area (Å²) in [7, 11) is 0. The second kappa shape index (κ2) is 11.4. The number of para-hydroxylation sites is 2. The van der Waals surface area contributed by atoms with Crippen LogP contribution in [0.25, 0.3) is 0 Å². The second-order valence-electron chi connectivity index (χ2n) is 6.89. The summed E-state index contributed by atoms with van der Waals surface area (Å²) < 4.78 is 11.0. The van der Waals surface area contributed by atoms with E-state index in [1.807, 2.05) is 61.5 Å². The zero-order chi connectivity index (χ0) is 21.9. The number of amides is 1. The number of esters is 1. The summed E-state index contributed by atoms with van der Waals surface area (Å²) in [6.45, 7) is 2.85. The molecule has 31 heavy (non-hydrogen) atoms. The molecule has 3 rings (SSSR count). The molecule has 3 aromatic rings. The minimum absolute atomic E-state index is 0.0754. The third kappa shape index (κ3) is 6.89. The van der Waals surface area contributed by atoms with Crippen molar-refractivity contribution in [2.45, 2.75) is 20.0 Å². The Morgan fingerprint density at radius 3 is 2.32 bits per heavy atom. The normalized spacial score (nSPS) is 10.2. The van der Waals surface area contributed by atoms with Gasteiger partial charge in [-0.2, -0.15) is 0 Å². The monoisotopic (exact) mass is 418 g/mol. The lowest BCUT2D eigenvalue weighted by atomic mass is 10.2. The number of benzene rings is 3. The molecular formula is C25H26N2O4. The molecule has 0 spiro atoms. The summed E-state index contributed by atoms with van der Waals surface area (Å²) in [6, 6.07) is 24.0. The molecule has 0 atom stereocenters. The molecule has 0 aliphatic carbocycles. The summed E-state index contributed by atoms with van der Waals surface area (Å²) in [6.07, 6.45) is 0.771. The average Bonchev–Trinajstić information content (AvgIpc) is 2.81. The van der Waals surface area contributed by atoms with Crippen LogP contribution in [0, 0.1) is 0 Å². The zero-order valence-electron chi connectivity index (χ0n) is 17.5. The highest BCUT2D eigenvalue weighted by molar-refractivity contribution is 5.95. The van der Waals surface area contributed by atoms with Crippen LogP contribution >= 0.6 is 0 Å². The van der Waals surface area contributed by atoms with Gasteiger partial charge in [0.25, 0.3) is 0 Å². The Hall–Kier alpha value is -3.80. The zero-order valence-corrected chi connectivity index (χ0v) is 17.5. The number of carbonyl (C=O) groups excluding carboxylic acids is 2. The molecule has 1 amide bonds. The van der Waals surface area contributed by atoms with Crippen molar-refractivity contribution in [3.05, 3.63) is 90.0 Å². The quantitative estimate of drug-likeness (QED) is 0.459. The third-order valence-electron chi connectivity index (χ3n) is 4.41. The van der Waals surface area contributed by atoms with Gasteiger partial charge < -0.3 is 20.1 Å².